The lowest BCUT2D eigenvalue weighted by Crippen LogP contribution is -2.46. The SMILES string of the molecule is CCN1C[C@@H](CN(C)CC(=O)Nc2cc(Cl)ccc2-n2cncn2)Oc2ccccc21. The highest BCUT2D eigenvalue weighted by Gasteiger charge is 2.26. The minimum Gasteiger partial charge on any atom is -0.485 e. The lowest BCUT2D eigenvalue weighted by Gasteiger charge is -2.37. The van der Waals surface area contributed by atoms with Gasteiger partial charge in [0.25, 0.3) is 0 Å². The average Bonchev–Trinajstić information content (AvgIpc) is 3.27. The summed E-state index contributed by atoms with van der Waals surface area (Å²) in [5, 5.41) is 7.60. The fourth-order valence-electron chi connectivity index (χ4n) is 3.76. The molecule has 3 aromatic rings. The van der Waals surface area contributed by atoms with Gasteiger partial charge in [0.15, 0.2) is 0 Å². The second-order valence-electron chi connectivity index (χ2n) is 7.49. The number of anilines is 2. The normalized spacial score (nSPS) is 15.5. The molecule has 1 aliphatic heterocycles. The van der Waals surface area contributed by atoms with E-state index in [4.69, 9.17) is 16.3 Å². The largest absolute Gasteiger partial charge is 0.485 e. The zero-order valence-electron chi connectivity index (χ0n) is 17.5. The van der Waals surface area contributed by atoms with E-state index in [1.54, 1.807) is 29.2 Å². The monoisotopic (exact) mass is 440 g/mol. The molecule has 0 saturated heterocycles. The highest BCUT2D eigenvalue weighted by Crippen LogP contribution is 2.32. The lowest BCUT2D eigenvalue weighted by molar-refractivity contribution is -0.117. The van der Waals surface area contributed by atoms with Crippen molar-refractivity contribution in [2.45, 2.75) is 13.0 Å². The van der Waals surface area contributed by atoms with Gasteiger partial charge in [-0.1, -0.05) is 23.7 Å². The van der Waals surface area contributed by atoms with Crippen LogP contribution in [0.3, 0.4) is 0 Å². The molecule has 1 aromatic heterocycles. The number of fused-ring (bicyclic) bond motifs is 1. The van der Waals surface area contributed by atoms with Crippen LogP contribution in [0.2, 0.25) is 5.02 Å². The molecule has 162 valence electrons. The molecule has 0 saturated carbocycles. The number of ether oxygens (including phenoxy) is 1. The number of likely N-dealkylation sites (N-methyl/N-ethyl adjacent to an activating group) is 2. The molecule has 1 amide bonds. The Kier molecular flexibility index (Phi) is 6.39. The minimum atomic E-state index is -0.144. The molecule has 4 rings (SSSR count). The van der Waals surface area contributed by atoms with Crippen molar-refractivity contribution in [1.82, 2.24) is 19.7 Å². The number of halogens is 1. The Morgan fingerprint density at radius 3 is 2.90 bits per heavy atom. The van der Waals surface area contributed by atoms with Crippen LogP contribution in [0.25, 0.3) is 5.69 Å². The van der Waals surface area contributed by atoms with Gasteiger partial charge in [-0.2, -0.15) is 5.10 Å². The Hall–Kier alpha value is -3.10. The van der Waals surface area contributed by atoms with Gasteiger partial charge in [0, 0.05) is 18.1 Å². The maximum Gasteiger partial charge on any atom is 0.238 e. The second kappa shape index (κ2) is 9.36. The summed E-state index contributed by atoms with van der Waals surface area (Å²) >= 11 is 6.14. The molecule has 2 aromatic carbocycles. The molecule has 0 bridgehead atoms. The van der Waals surface area contributed by atoms with E-state index in [0.717, 1.165) is 24.5 Å². The number of nitrogens with zero attached hydrogens (tertiary/aromatic N) is 5. The summed E-state index contributed by atoms with van der Waals surface area (Å²) in [6.07, 6.45) is 2.99. The van der Waals surface area contributed by atoms with Crippen molar-refractivity contribution in [2.24, 2.45) is 0 Å². The van der Waals surface area contributed by atoms with E-state index in [9.17, 15) is 4.79 Å². The minimum absolute atomic E-state index is 0.0236. The van der Waals surface area contributed by atoms with Crippen LogP contribution >= 0.6 is 11.6 Å². The third-order valence-corrected chi connectivity index (χ3v) is 5.37. The molecular formula is C22H25ClN6O2. The maximum absolute atomic E-state index is 12.7. The molecule has 1 aliphatic rings. The fraction of sp³-hybridized carbons (Fsp3) is 0.318. The van der Waals surface area contributed by atoms with Crippen LogP contribution in [0.15, 0.2) is 55.1 Å². The molecular weight excluding hydrogens is 416 g/mol. The molecule has 2 heterocycles. The first-order valence-electron chi connectivity index (χ1n) is 10.2. The van der Waals surface area contributed by atoms with Crippen LogP contribution in [0.1, 0.15) is 6.92 Å². The van der Waals surface area contributed by atoms with Gasteiger partial charge in [-0.25, -0.2) is 9.67 Å². The first-order chi connectivity index (χ1) is 15.0. The van der Waals surface area contributed by atoms with Crippen LogP contribution in [0.4, 0.5) is 11.4 Å². The molecule has 0 spiro atoms. The lowest BCUT2D eigenvalue weighted by atomic mass is 10.2. The molecule has 8 nitrogen and oxygen atoms in total. The number of para-hydroxylation sites is 2. The molecule has 9 heteroatoms. The number of rotatable bonds is 7. The Balaban J connectivity index is 1.38. The van der Waals surface area contributed by atoms with Gasteiger partial charge < -0.3 is 15.0 Å². The van der Waals surface area contributed by atoms with E-state index in [-0.39, 0.29) is 18.6 Å². The Labute approximate surface area is 186 Å². The van der Waals surface area contributed by atoms with Gasteiger partial charge in [0.1, 0.15) is 24.5 Å². The number of amides is 1. The molecule has 1 N–H and O–H groups in total. The van der Waals surface area contributed by atoms with Crippen molar-refractivity contribution in [2.75, 3.05) is 43.4 Å². The highest BCUT2D eigenvalue weighted by molar-refractivity contribution is 6.31. The topological polar surface area (TPSA) is 75.5 Å². The zero-order valence-corrected chi connectivity index (χ0v) is 18.3. The quantitative estimate of drug-likeness (QED) is 0.608. The number of aromatic nitrogens is 3. The van der Waals surface area contributed by atoms with E-state index >= 15 is 0 Å². The average molecular weight is 441 g/mol. The predicted octanol–water partition coefficient (Wildman–Crippen LogP) is 3.08. The summed E-state index contributed by atoms with van der Waals surface area (Å²) in [6, 6.07) is 13.3. The summed E-state index contributed by atoms with van der Waals surface area (Å²) in [6.45, 7) is 4.67. The van der Waals surface area contributed by atoms with Gasteiger partial charge in [0.05, 0.1) is 30.2 Å². The Bertz CT molecular complexity index is 1040. The van der Waals surface area contributed by atoms with Gasteiger partial charge in [0.2, 0.25) is 5.91 Å². The van der Waals surface area contributed by atoms with Crippen molar-refractivity contribution in [3.8, 4) is 11.4 Å². The summed E-state index contributed by atoms with van der Waals surface area (Å²) < 4.78 is 7.75. The molecule has 31 heavy (non-hydrogen) atoms. The van der Waals surface area contributed by atoms with Gasteiger partial charge >= 0.3 is 0 Å². The summed E-state index contributed by atoms with van der Waals surface area (Å²) in [5.41, 5.74) is 2.39. The van der Waals surface area contributed by atoms with Gasteiger partial charge in [-0.05, 0) is 44.3 Å². The molecule has 0 unspecified atom stereocenters. The van der Waals surface area contributed by atoms with Crippen molar-refractivity contribution in [3.63, 3.8) is 0 Å². The predicted molar refractivity (Wildman–Crippen MR) is 121 cm³/mol. The number of hydrogen-bond acceptors (Lipinski definition) is 6. The summed E-state index contributed by atoms with van der Waals surface area (Å²) in [7, 11) is 1.91. The fourth-order valence-corrected chi connectivity index (χ4v) is 3.93. The summed E-state index contributed by atoms with van der Waals surface area (Å²) in [5.74, 6) is 0.740. The van der Waals surface area contributed by atoms with Crippen molar-refractivity contribution >= 4 is 28.9 Å². The highest BCUT2D eigenvalue weighted by atomic mass is 35.5. The first-order valence-corrected chi connectivity index (χ1v) is 10.5. The van der Waals surface area contributed by atoms with E-state index < -0.39 is 0 Å². The van der Waals surface area contributed by atoms with Gasteiger partial charge in [-0.15, -0.1) is 0 Å². The third-order valence-electron chi connectivity index (χ3n) is 5.13. The Morgan fingerprint density at radius 1 is 1.29 bits per heavy atom. The van der Waals surface area contributed by atoms with Crippen LogP contribution < -0.4 is 15.0 Å². The van der Waals surface area contributed by atoms with Crippen LogP contribution in [-0.4, -0.2) is 64.9 Å². The molecule has 0 aliphatic carbocycles. The molecule has 0 fully saturated rings. The number of carbonyl (C=O) groups excluding carboxylic acids is 1. The maximum atomic E-state index is 12.7. The third kappa shape index (κ3) is 4.98. The zero-order chi connectivity index (χ0) is 21.8. The summed E-state index contributed by atoms with van der Waals surface area (Å²) in [4.78, 5) is 20.9. The van der Waals surface area contributed by atoms with Crippen molar-refractivity contribution in [1.29, 1.82) is 0 Å². The Morgan fingerprint density at radius 2 is 2.13 bits per heavy atom. The second-order valence-corrected chi connectivity index (χ2v) is 7.93. The standard InChI is InChI=1S/C22H25ClN6O2/c1-3-28-12-17(31-21-7-5-4-6-20(21)28)11-27(2)13-22(30)26-18-10-16(23)8-9-19(18)29-15-24-14-25-29/h4-10,14-15,17H,3,11-13H2,1-2H3,(H,26,30)/t17-/m1/s1. The van der Waals surface area contributed by atoms with E-state index in [0.29, 0.717) is 22.9 Å². The van der Waals surface area contributed by atoms with Crippen molar-refractivity contribution < 1.29 is 9.53 Å². The molecule has 1 atom stereocenters. The van der Waals surface area contributed by atoms with E-state index in [2.05, 4.69) is 33.3 Å². The number of benzene rings is 2. The number of carbonyl (C=O) groups is 1. The van der Waals surface area contributed by atoms with Crippen LogP contribution in [0, 0.1) is 0 Å². The van der Waals surface area contributed by atoms with E-state index in [1.807, 2.05) is 30.1 Å². The molecule has 0 radical (unpaired) electrons. The smallest absolute Gasteiger partial charge is 0.238 e. The van der Waals surface area contributed by atoms with Crippen molar-refractivity contribution in [3.05, 3.63) is 60.1 Å². The van der Waals surface area contributed by atoms with Crippen LogP contribution in [-0.2, 0) is 4.79 Å². The number of nitrogens with one attached hydrogen (secondary N) is 1. The van der Waals surface area contributed by atoms with Gasteiger partial charge in [-0.3, -0.25) is 9.69 Å². The van der Waals surface area contributed by atoms with Crippen LogP contribution in [0.5, 0.6) is 5.75 Å². The number of hydrogen-bond donors (Lipinski definition) is 1. The first kappa shape index (κ1) is 21.1. The van der Waals surface area contributed by atoms with E-state index in [1.165, 1.54) is 6.33 Å².